The molecule has 2 aliphatic rings. The van der Waals surface area contributed by atoms with E-state index in [2.05, 4.69) is 15.2 Å². The number of methoxy groups -OCH3 is 2. The summed E-state index contributed by atoms with van der Waals surface area (Å²) >= 11 is 5.93. The van der Waals surface area contributed by atoms with Gasteiger partial charge in [-0.2, -0.15) is 0 Å². The quantitative estimate of drug-likeness (QED) is 0.617. The van der Waals surface area contributed by atoms with E-state index in [1.165, 1.54) is 0 Å². The van der Waals surface area contributed by atoms with E-state index in [1.807, 2.05) is 35.2 Å². The number of carbonyl (C=O) groups excluding carboxylic acids is 2. The molecule has 8 nitrogen and oxygen atoms in total. The van der Waals surface area contributed by atoms with Crippen molar-refractivity contribution in [2.24, 2.45) is 0 Å². The molecule has 2 aliphatic heterocycles. The molecule has 0 spiro atoms. The Morgan fingerprint density at radius 2 is 1.88 bits per heavy atom. The van der Waals surface area contributed by atoms with Gasteiger partial charge in [-0.1, -0.05) is 17.7 Å². The van der Waals surface area contributed by atoms with Crippen LogP contribution in [0.2, 0.25) is 5.02 Å². The number of anilines is 1. The van der Waals surface area contributed by atoms with Crippen LogP contribution in [-0.2, 0) is 16.0 Å². The van der Waals surface area contributed by atoms with Crippen molar-refractivity contribution >= 4 is 29.2 Å². The molecule has 3 heterocycles. The maximum atomic E-state index is 13.0. The molecule has 0 saturated carbocycles. The number of amides is 2. The van der Waals surface area contributed by atoms with Gasteiger partial charge in [-0.3, -0.25) is 9.59 Å². The number of aromatic nitrogens is 1. The van der Waals surface area contributed by atoms with Gasteiger partial charge in [0.2, 0.25) is 11.8 Å². The molecule has 1 aromatic carbocycles. The van der Waals surface area contributed by atoms with Crippen LogP contribution < -0.4 is 19.7 Å². The molecule has 0 aliphatic carbocycles. The molecule has 1 atom stereocenters. The Balaban J connectivity index is 1.36. The van der Waals surface area contributed by atoms with Crippen molar-refractivity contribution in [3.63, 3.8) is 0 Å². The lowest BCUT2D eigenvalue weighted by molar-refractivity contribution is -0.132. The minimum Gasteiger partial charge on any atom is -0.493 e. The first-order chi connectivity index (χ1) is 16.4. The maximum Gasteiger partial charge on any atom is 0.222 e. The SMILES string of the molecule is COc1ccc(CC2(CCC(=O)N3CCN(c4ccc(Cl)cn4)CC3)CCC(=O)N2)cc1OC. The van der Waals surface area contributed by atoms with Gasteiger partial charge >= 0.3 is 0 Å². The number of pyridine rings is 1. The topological polar surface area (TPSA) is 84.0 Å². The number of piperazine rings is 1. The number of hydrogen-bond acceptors (Lipinski definition) is 6. The second-order valence-corrected chi connectivity index (χ2v) is 9.33. The average molecular weight is 487 g/mol. The van der Waals surface area contributed by atoms with Gasteiger partial charge in [0.25, 0.3) is 0 Å². The third-order valence-electron chi connectivity index (χ3n) is 6.71. The first kappa shape index (κ1) is 24.1. The number of nitrogens with one attached hydrogen (secondary N) is 1. The Hall–Kier alpha value is -3.00. The summed E-state index contributed by atoms with van der Waals surface area (Å²) in [7, 11) is 3.21. The lowest BCUT2D eigenvalue weighted by Crippen LogP contribution is -2.50. The van der Waals surface area contributed by atoms with E-state index in [0.29, 0.717) is 61.7 Å². The largest absolute Gasteiger partial charge is 0.493 e. The summed E-state index contributed by atoms with van der Waals surface area (Å²) in [4.78, 5) is 33.6. The van der Waals surface area contributed by atoms with Crippen LogP contribution in [-0.4, -0.2) is 67.6 Å². The molecule has 9 heteroatoms. The average Bonchev–Trinajstić information content (AvgIpc) is 3.23. The highest BCUT2D eigenvalue weighted by atomic mass is 35.5. The fourth-order valence-electron chi connectivity index (χ4n) is 4.81. The fraction of sp³-hybridized carbons (Fsp3) is 0.480. The summed E-state index contributed by atoms with van der Waals surface area (Å²) < 4.78 is 10.8. The van der Waals surface area contributed by atoms with Crippen molar-refractivity contribution < 1.29 is 19.1 Å². The highest BCUT2D eigenvalue weighted by Crippen LogP contribution is 2.34. The normalized spacial score (nSPS) is 20.3. The van der Waals surface area contributed by atoms with Crippen molar-refractivity contribution in [3.8, 4) is 11.5 Å². The molecule has 0 radical (unpaired) electrons. The molecule has 34 heavy (non-hydrogen) atoms. The number of nitrogens with zero attached hydrogens (tertiary/aromatic N) is 3. The van der Waals surface area contributed by atoms with Crippen LogP contribution in [0.5, 0.6) is 11.5 Å². The molecule has 0 bridgehead atoms. The van der Waals surface area contributed by atoms with Gasteiger partial charge in [0, 0.05) is 50.8 Å². The Morgan fingerprint density at radius 1 is 1.12 bits per heavy atom. The van der Waals surface area contributed by atoms with E-state index in [9.17, 15) is 9.59 Å². The van der Waals surface area contributed by atoms with Crippen molar-refractivity contribution in [3.05, 3.63) is 47.1 Å². The zero-order valence-corrected chi connectivity index (χ0v) is 20.4. The lowest BCUT2D eigenvalue weighted by Gasteiger charge is -2.36. The molecule has 2 aromatic rings. The van der Waals surface area contributed by atoms with Crippen LogP contribution >= 0.6 is 11.6 Å². The zero-order chi connectivity index (χ0) is 24.1. The van der Waals surface area contributed by atoms with E-state index in [0.717, 1.165) is 24.5 Å². The number of rotatable bonds is 8. The summed E-state index contributed by atoms with van der Waals surface area (Å²) in [5.74, 6) is 2.36. The Kier molecular flexibility index (Phi) is 7.46. The van der Waals surface area contributed by atoms with Crippen LogP contribution in [0.3, 0.4) is 0 Å². The number of carbonyl (C=O) groups is 2. The van der Waals surface area contributed by atoms with Crippen LogP contribution in [0.25, 0.3) is 0 Å². The molecule has 2 amide bonds. The summed E-state index contributed by atoms with van der Waals surface area (Å²) in [6.45, 7) is 2.76. The second-order valence-electron chi connectivity index (χ2n) is 8.90. The van der Waals surface area contributed by atoms with Gasteiger partial charge in [0.15, 0.2) is 11.5 Å². The van der Waals surface area contributed by atoms with Gasteiger partial charge in [-0.05, 0) is 49.1 Å². The van der Waals surface area contributed by atoms with Gasteiger partial charge in [-0.25, -0.2) is 4.98 Å². The smallest absolute Gasteiger partial charge is 0.222 e. The molecule has 2 saturated heterocycles. The molecule has 1 unspecified atom stereocenters. The van der Waals surface area contributed by atoms with Crippen molar-refractivity contribution in [1.82, 2.24) is 15.2 Å². The zero-order valence-electron chi connectivity index (χ0n) is 19.7. The Morgan fingerprint density at radius 3 is 2.50 bits per heavy atom. The lowest BCUT2D eigenvalue weighted by atomic mass is 9.84. The summed E-state index contributed by atoms with van der Waals surface area (Å²) in [5.41, 5.74) is 0.609. The number of hydrogen-bond donors (Lipinski definition) is 1. The molecule has 2 fully saturated rings. The monoisotopic (exact) mass is 486 g/mol. The van der Waals surface area contributed by atoms with E-state index in [-0.39, 0.29) is 11.8 Å². The number of ether oxygens (including phenoxy) is 2. The molecular formula is C25H31ClN4O4. The van der Waals surface area contributed by atoms with Crippen molar-refractivity contribution in [2.45, 2.75) is 37.6 Å². The molecule has 1 N–H and O–H groups in total. The predicted molar refractivity (Wildman–Crippen MR) is 131 cm³/mol. The van der Waals surface area contributed by atoms with Gasteiger partial charge in [0.05, 0.1) is 19.2 Å². The van der Waals surface area contributed by atoms with E-state index in [1.54, 1.807) is 20.4 Å². The molecule has 4 rings (SSSR count). The molecular weight excluding hydrogens is 456 g/mol. The first-order valence-electron chi connectivity index (χ1n) is 11.6. The van der Waals surface area contributed by atoms with E-state index < -0.39 is 5.54 Å². The minimum atomic E-state index is -0.429. The minimum absolute atomic E-state index is 0.0389. The third kappa shape index (κ3) is 5.55. The van der Waals surface area contributed by atoms with Crippen LogP contribution in [0.4, 0.5) is 5.82 Å². The maximum absolute atomic E-state index is 13.0. The summed E-state index contributed by atoms with van der Waals surface area (Å²) in [5, 5.41) is 3.77. The third-order valence-corrected chi connectivity index (χ3v) is 6.93. The van der Waals surface area contributed by atoms with Crippen LogP contribution in [0.15, 0.2) is 36.5 Å². The van der Waals surface area contributed by atoms with Crippen LogP contribution in [0, 0.1) is 0 Å². The number of halogens is 1. The Labute approximate surface area is 205 Å². The fourth-order valence-corrected chi connectivity index (χ4v) is 4.92. The second kappa shape index (κ2) is 10.5. The summed E-state index contributed by atoms with van der Waals surface area (Å²) in [6, 6.07) is 9.53. The molecule has 1 aromatic heterocycles. The van der Waals surface area contributed by atoms with Gasteiger partial charge in [0.1, 0.15) is 5.82 Å². The van der Waals surface area contributed by atoms with Crippen molar-refractivity contribution in [2.75, 3.05) is 45.3 Å². The van der Waals surface area contributed by atoms with E-state index >= 15 is 0 Å². The summed E-state index contributed by atoms with van der Waals surface area (Å²) in [6.07, 6.45) is 4.47. The van der Waals surface area contributed by atoms with E-state index in [4.69, 9.17) is 21.1 Å². The van der Waals surface area contributed by atoms with Gasteiger partial charge < -0.3 is 24.6 Å². The number of benzene rings is 1. The van der Waals surface area contributed by atoms with Crippen molar-refractivity contribution in [1.29, 1.82) is 0 Å². The highest BCUT2D eigenvalue weighted by Gasteiger charge is 2.38. The standard InChI is InChI=1S/C25H31ClN4O4/c1-33-20-5-3-18(15-21(20)34-2)16-25(9-7-23(31)28-25)10-8-24(32)30-13-11-29(12-14-30)22-6-4-19(26)17-27-22/h3-6,15,17H,7-14,16H2,1-2H3,(H,28,31). The predicted octanol–water partition coefficient (Wildman–Crippen LogP) is 3.07. The Bertz CT molecular complexity index is 1020. The molecule has 182 valence electrons. The van der Waals surface area contributed by atoms with Gasteiger partial charge in [-0.15, -0.1) is 0 Å². The van der Waals surface area contributed by atoms with Crippen LogP contribution in [0.1, 0.15) is 31.2 Å². The highest BCUT2D eigenvalue weighted by molar-refractivity contribution is 6.30. The first-order valence-corrected chi connectivity index (χ1v) is 12.0.